The summed E-state index contributed by atoms with van der Waals surface area (Å²) in [4.78, 5) is 20.3. The minimum Gasteiger partial charge on any atom is -0.512 e. The lowest BCUT2D eigenvalue weighted by Crippen LogP contribution is -2.42. The van der Waals surface area contributed by atoms with Gasteiger partial charge in [0.05, 0.1) is 11.3 Å². The van der Waals surface area contributed by atoms with E-state index in [9.17, 15) is 18.3 Å². The molecule has 0 saturated carbocycles. The Labute approximate surface area is 253 Å². The van der Waals surface area contributed by atoms with E-state index in [1.165, 1.54) is 19.4 Å². The van der Waals surface area contributed by atoms with Gasteiger partial charge >= 0.3 is 5.97 Å². The second kappa shape index (κ2) is 12.9. The number of esters is 1. The minimum absolute atomic E-state index is 0.0335. The highest BCUT2D eigenvalue weighted by molar-refractivity contribution is 7.92. The first-order valence-corrected chi connectivity index (χ1v) is 16.0. The van der Waals surface area contributed by atoms with Crippen LogP contribution in [0.2, 0.25) is 0 Å². The van der Waals surface area contributed by atoms with Gasteiger partial charge in [-0.3, -0.25) is 4.31 Å². The maximum atomic E-state index is 13.8. The van der Waals surface area contributed by atoms with Crippen LogP contribution in [0.3, 0.4) is 0 Å². The van der Waals surface area contributed by atoms with E-state index in [2.05, 4.69) is 34.2 Å². The zero-order chi connectivity index (χ0) is 30.5. The Hall–Kier alpha value is -4.37. The normalized spacial score (nSPS) is 15.6. The van der Waals surface area contributed by atoms with Crippen LogP contribution in [0, 0.1) is 0 Å². The standard InChI is InChI=1S/C34H37N3O5S/c1-3-29(27-15-10-16-28(23-27)37(2)43(40,41)33-35-21-22-36-33)31-30(38)24-34(42-32(31)39,19-17-25-11-6-4-7-12-25)20-18-26-13-8-5-9-14-26/h4-16,21-23,29,38H,3,17-20,24H2,1-2H3,(H,35,36). The van der Waals surface area contributed by atoms with Crippen molar-refractivity contribution in [2.24, 2.45) is 0 Å². The van der Waals surface area contributed by atoms with Gasteiger partial charge in [-0.2, -0.15) is 8.42 Å². The third-order valence-electron chi connectivity index (χ3n) is 8.22. The van der Waals surface area contributed by atoms with E-state index >= 15 is 0 Å². The van der Waals surface area contributed by atoms with Crippen LogP contribution < -0.4 is 4.31 Å². The van der Waals surface area contributed by atoms with Crippen molar-refractivity contribution in [1.82, 2.24) is 9.97 Å². The molecular weight excluding hydrogens is 562 g/mol. The molecule has 0 aliphatic carbocycles. The molecule has 1 aliphatic heterocycles. The smallest absolute Gasteiger partial charge is 0.338 e. The van der Waals surface area contributed by atoms with Gasteiger partial charge < -0.3 is 14.8 Å². The van der Waals surface area contributed by atoms with Crippen molar-refractivity contribution in [2.45, 2.75) is 62.1 Å². The second-order valence-corrected chi connectivity index (χ2v) is 12.9. The molecule has 1 aliphatic rings. The Morgan fingerprint density at radius 2 is 1.60 bits per heavy atom. The summed E-state index contributed by atoms with van der Waals surface area (Å²) < 4.78 is 33.6. The molecular formula is C34H37N3O5S. The molecule has 1 unspecified atom stereocenters. The fraction of sp³-hybridized carbons (Fsp3) is 0.294. The van der Waals surface area contributed by atoms with Crippen LogP contribution in [-0.2, 0) is 32.4 Å². The number of rotatable bonds is 12. The highest BCUT2D eigenvalue weighted by atomic mass is 32.2. The summed E-state index contributed by atoms with van der Waals surface area (Å²) in [7, 11) is -2.45. The average Bonchev–Trinajstić information content (AvgIpc) is 3.58. The predicted octanol–water partition coefficient (Wildman–Crippen LogP) is 6.49. The molecule has 5 rings (SSSR count). The number of anilines is 1. The van der Waals surface area contributed by atoms with Gasteiger partial charge in [0.25, 0.3) is 10.0 Å². The molecule has 0 spiro atoms. The summed E-state index contributed by atoms with van der Waals surface area (Å²) >= 11 is 0. The highest BCUT2D eigenvalue weighted by Crippen LogP contribution is 2.42. The van der Waals surface area contributed by atoms with Crippen LogP contribution in [0.5, 0.6) is 0 Å². The number of nitrogens with one attached hydrogen (secondary N) is 1. The molecule has 43 heavy (non-hydrogen) atoms. The van der Waals surface area contributed by atoms with Crippen LogP contribution in [0.25, 0.3) is 0 Å². The zero-order valence-electron chi connectivity index (χ0n) is 24.4. The zero-order valence-corrected chi connectivity index (χ0v) is 25.3. The Kier molecular flexibility index (Phi) is 9.01. The molecule has 2 N–H and O–H groups in total. The van der Waals surface area contributed by atoms with Crippen molar-refractivity contribution < 1.29 is 23.1 Å². The lowest BCUT2D eigenvalue weighted by atomic mass is 9.79. The number of hydrogen-bond donors (Lipinski definition) is 2. The minimum atomic E-state index is -3.90. The summed E-state index contributed by atoms with van der Waals surface area (Å²) in [6.07, 6.45) is 6.14. The fourth-order valence-corrected chi connectivity index (χ4v) is 6.85. The van der Waals surface area contributed by atoms with Gasteiger partial charge in [-0.05, 0) is 60.9 Å². The van der Waals surface area contributed by atoms with Crippen LogP contribution in [0.1, 0.15) is 55.2 Å². The van der Waals surface area contributed by atoms with Gasteiger partial charge in [-0.1, -0.05) is 79.7 Å². The van der Waals surface area contributed by atoms with Gasteiger partial charge in [-0.25, -0.2) is 9.78 Å². The van der Waals surface area contributed by atoms with Gasteiger partial charge in [0.1, 0.15) is 11.4 Å². The molecule has 0 amide bonds. The van der Waals surface area contributed by atoms with E-state index in [4.69, 9.17) is 4.74 Å². The fourth-order valence-electron chi connectivity index (χ4n) is 5.79. The molecule has 1 aromatic heterocycles. The first-order chi connectivity index (χ1) is 20.7. The maximum Gasteiger partial charge on any atom is 0.338 e. The Bertz CT molecular complexity index is 1630. The van der Waals surface area contributed by atoms with Crippen molar-refractivity contribution in [2.75, 3.05) is 11.4 Å². The number of carbonyl (C=O) groups excluding carboxylic acids is 1. The first kappa shape index (κ1) is 30.1. The number of imidazole rings is 1. The van der Waals surface area contributed by atoms with E-state index in [0.717, 1.165) is 15.4 Å². The number of aromatic amines is 1. The molecule has 224 valence electrons. The van der Waals surface area contributed by atoms with Crippen LogP contribution >= 0.6 is 0 Å². The van der Waals surface area contributed by atoms with Gasteiger partial charge in [0.2, 0.25) is 5.16 Å². The number of aromatic nitrogens is 2. The number of H-pyrrole nitrogens is 1. The number of aliphatic hydroxyl groups excluding tert-OH is 1. The number of cyclic esters (lactones) is 1. The lowest BCUT2D eigenvalue weighted by molar-refractivity contribution is -0.161. The van der Waals surface area contributed by atoms with Crippen molar-refractivity contribution >= 4 is 21.7 Å². The monoisotopic (exact) mass is 599 g/mol. The molecule has 0 fully saturated rings. The Morgan fingerprint density at radius 1 is 0.977 bits per heavy atom. The number of aryl methyl sites for hydroxylation is 2. The van der Waals surface area contributed by atoms with E-state index in [1.807, 2.05) is 49.4 Å². The van der Waals surface area contributed by atoms with E-state index in [-0.39, 0.29) is 22.9 Å². The summed E-state index contributed by atoms with van der Waals surface area (Å²) in [6.45, 7) is 1.93. The summed E-state index contributed by atoms with van der Waals surface area (Å²) in [5.74, 6) is -0.974. The Morgan fingerprint density at radius 3 is 2.14 bits per heavy atom. The quantitative estimate of drug-likeness (QED) is 0.180. The number of benzene rings is 3. The van der Waals surface area contributed by atoms with Crippen LogP contribution in [0.15, 0.2) is 114 Å². The lowest BCUT2D eigenvalue weighted by Gasteiger charge is -2.39. The summed E-state index contributed by atoms with van der Waals surface area (Å²) in [5.41, 5.74) is 2.78. The van der Waals surface area contributed by atoms with Gasteiger partial charge in [0.15, 0.2) is 0 Å². The van der Waals surface area contributed by atoms with Crippen molar-refractivity contribution in [3.8, 4) is 0 Å². The molecule has 9 heteroatoms. The van der Waals surface area contributed by atoms with Crippen molar-refractivity contribution in [1.29, 1.82) is 0 Å². The van der Waals surface area contributed by atoms with Gasteiger partial charge in [0, 0.05) is 31.8 Å². The predicted molar refractivity (Wildman–Crippen MR) is 166 cm³/mol. The third-order valence-corrected chi connectivity index (χ3v) is 9.87. The summed E-state index contributed by atoms with van der Waals surface area (Å²) in [6, 6.07) is 27.1. The average molecular weight is 600 g/mol. The number of ether oxygens (including phenoxy) is 1. The number of hydrogen-bond acceptors (Lipinski definition) is 6. The molecule has 1 atom stereocenters. The molecule has 2 heterocycles. The topological polar surface area (TPSA) is 113 Å². The maximum absolute atomic E-state index is 13.8. The van der Waals surface area contributed by atoms with Crippen LogP contribution in [-0.4, -0.2) is 42.1 Å². The number of carbonyl (C=O) groups is 1. The van der Waals surface area contributed by atoms with Crippen molar-refractivity contribution in [3.63, 3.8) is 0 Å². The van der Waals surface area contributed by atoms with Crippen molar-refractivity contribution in [3.05, 3.63) is 125 Å². The molecule has 0 bridgehead atoms. The van der Waals surface area contributed by atoms with Crippen LogP contribution in [0.4, 0.5) is 5.69 Å². The van der Waals surface area contributed by atoms with E-state index in [0.29, 0.717) is 43.4 Å². The number of sulfonamides is 1. The second-order valence-electron chi connectivity index (χ2n) is 11.0. The largest absolute Gasteiger partial charge is 0.512 e. The molecule has 0 saturated heterocycles. The first-order valence-electron chi connectivity index (χ1n) is 14.5. The van der Waals surface area contributed by atoms with E-state index < -0.39 is 27.5 Å². The SMILES string of the molecule is CCC(C1=C(O)CC(CCc2ccccc2)(CCc2ccccc2)OC1=O)c1cccc(N(C)S(=O)(=O)c2ncc[nH]2)c1. The van der Waals surface area contributed by atoms with E-state index in [1.54, 1.807) is 18.2 Å². The molecule has 8 nitrogen and oxygen atoms in total. The third kappa shape index (κ3) is 6.67. The number of nitrogens with zero attached hydrogens (tertiary/aromatic N) is 2. The molecule has 4 aromatic rings. The summed E-state index contributed by atoms with van der Waals surface area (Å²) in [5, 5.41) is 11.4. The highest BCUT2D eigenvalue weighted by Gasteiger charge is 2.43. The number of aliphatic hydroxyl groups is 1. The molecule has 0 radical (unpaired) electrons. The Balaban J connectivity index is 1.43. The van der Waals surface area contributed by atoms with Gasteiger partial charge in [-0.15, -0.1) is 0 Å². The molecule has 3 aromatic carbocycles.